The summed E-state index contributed by atoms with van der Waals surface area (Å²) in [6.45, 7) is 5.05. The quantitative estimate of drug-likeness (QED) is 0.684. The van der Waals surface area contributed by atoms with E-state index < -0.39 is 0 Å². The van der Waals surface area contributed by atoms with Crippen LogP contribution in [-0.4, -0.2) is 21.9 Å². The van der Waals surface area contributed by atoms with Crippen LogP contribution in [0.15, 0.2) is 6.33 Å². The fourth-order valence-electron chi connectivity index (χ4n) is 1.10. The van der Waals surface area contributed by atoms with Crippen LogP contribution < -0.4 is 0 Å². The minimum Gasteiger partial charge on any atom is -0.374 e. The zero-order valence-electron chi connectivity index (χ0n) is 7.82. The lowest BCUT2D eigenvalue weighted by Crippen LogP contribution is -2.07. The first-order valence-corrected chi connectivity index (χ1v) is 4.20. The Bertz CT molecular complexity index is 234. The predicted octanol–water partition coefficient (Wildman–Crippen LogP) is 1.40. The van der Waals surface area contributed by atoms with Gasteiger partial charge in [0, 0.05) is 13.7 Å². The standard InChI is InChI=1S/C8H15N3O/c1-4-5-11-6-9-10-8(11)7(2)12-3/h6-7H,4-5H2,1-3H3. The van der Waals surface area contributed by atoms with Gasteiger partial charge in [0.05, 0.1) is 0 Å². The van der Waals surface area contributed by atoms with Crippen molar-refractivity contribution in [1.29, 1.82) is 0 Å². The molecule has 0 saturated heterocycles. The Morgan fingerprint density at radius 1 is 1.67 bits per heavy atom. The van der Waals surface area contributed by atoms with Gasteiger partial charge in [-0.1, -0.05) is 6.92 Å². The van der Waals surface area contributed by atoms with Crippen LogP contribution >= 0.6 is 0 Å². The number of nitrogens with zero attached hydrogens (tertiary/aromatic N) is 3. The van der Waals surface area contributed by atoms with Gasteiger partial charge in [0.15, 0.2) is 5.82 Å². The lowest BCUT2D eigenvalue weighted by Gasteiger charge is -2.09. The van der Waals surface area contributed by atoms with Crippen molar-refractivity contribution in [2.24, 2.45) is 0 Å². The maximum atomic E-state index is 5.16. The molecule has 1 aromatic heterocycles. The van der Waals surface area contributed by atoms with Crippen LogP contribution in [0.3, 0.4) is 0 Å². The number of rotatable bonds is 4. The molecule has 0 fully saturated rings. The molecule has 1 atom stereocenters. The van der Waals surface area contributed by atoms with E-state index in [4.69, 9.17) is 4.74 Å². The third kappa shape index (κ3) is 1.82. The number of methoxy groups -OCH3 is 1. The van der Waals surface area contributed by atoms with Gasteiger partial charge in [-0.3, -0.25) is 0 Å². The second-order valence-corrected chi connectivity index (χ2v) is 2.76. The monoisotopic (exact) mass is 169 g/mol. The molecule has 0 aliphatic heterocycles. The van der Waals surface area contributed by atoms with Gasteiger partial charge in [-0.2, -0.15) is 0 Å². The number of aromatic nitrogens is 3. The van der Waals surface area contributed by atoms with Gasteiger partial charge >= 0.3 is 0 Å². The number of hydrogen-bond donors (Lipinski definition) is 0. The minimum absolute atomic E-state index is 0.0269. The topological polar surface area (TPSA) is 39.9 Å². The normalized spacial score (nSPS) is 13.2. The van der Waals surface area contributed by atoms with Crippen LogP contribution in [-0.2, 0) is 11.3 Å². The van der Waals surface area contributed by atoms with Crippen molar-refractivity contribution >= 4 is 0 Å². The Kier molecular flexibility index (Phi) is 3.22. The SMILES string of the molecule is CCCn1cnnc1C(C)OC. The third-order valence-corrected chi connectivity index (χ3v) is 1.83. The summed E-state index contributed by atoms with van der Waals surface area (Å²) in [7, 11) is 1.68. The van der Waals surface area contributed by atoms with E-state index in [9.17, 15) is 0 Å². The molecule has 0 aliphatic carbocycles. The third-order valence-electron chi connectivity index (χ3n) is 1.83. The van der Waals surface area contributed by atoms with Crippen LogP contribution in [0.25, 0.3) is 0 Å². The molecule has 4 nitrogen and oxygen atoms in total. The summed E-state index contributed by atoms with van der Waals surface area (Å²) in [6, 6.07) is 0. The van der Waals surface area contributed by atoms with Gasteiger partial charge in [0.1, 0.15) is 12.4 Å². The molecule has 0 saturated carbocycles. The van der Waals surface area contributed by atoms with E-state index in [2.05, 4.69) is 17.1 Å². The largest absolute Gasteiger partial charge is 0.374 e. The summed E-state index contributed by atoms with van der Waals surface area (Å²) < 4.78 is 7.18. The zero-order chi connectivity index (χ0) is 8.97. The summed E-state index contributed by atoms with van der Waals surface area (Å²) in [6.07, 6.45) is 2.86. The number of hydrogen-bond acceptors (Lipinski definition) is 3. The lowest BCUT2D eigenvalue weighted by molar-refractivity contribution is 0.108. The molecular formula is C8H15N3O. The Morgan fingerprint density at radius 2 is 2.42 bits per heavy atom. The molecule has 0 N–H and O–H groups in total. The van der Waals surface area contributed by atoms with Gasteiger partial charge in [0.25, 0.3) is 0 Å². The first-order valence-electron chi connectivity index (χ1n) is 4.20. The number of aryl methyl sites for hydroxylation is 1. The minimum atomic E-state index is 0.0269. The van der Waals surface area contributed by atoms with E-state index in [0.717, 1.165) is 18.8 Å². The van der Waals surface area contributed by atoms with E-state index in [-0.39, 0.29) is 6.10 Å². The Balaban J connectivity index is 2.76. The summed E-state index contributed by atoms with van der Waals surface area (Å²) >= 11 is 0. The molecule has 0 amide bonds. The lowest BCUT2D eigenvalue weighted by atomic mass is 10.3. The first-order chi connectivity index (χ1) is 5.79. The maximum absolute atomic E-state index is 5.16. The van der Waals surface area contributed by atoms with Crippen molar-refractivity contribution in [2.45, 2.75) is 32.9 Å². The smallest absolute Gasteiger partial charge is 0.161 e. The Morgan fingerprint density at radius 3 is 3.00 bits per heavy atom. The van der Waals surface area contributed by atoms with Gasteiger partial charge in [-0.25, -0.2) is 0 Å². The van der Waals surface area contributed by atoms with Gasteiger partial charge in [0.2, 0.25) is 0 Å². The highest BCUT2D eigenvalue weighted by atomic mass is 16.5. The van der Waals surface area contributed by atoms with Gasteiger partial charge < -0.3 is 9.30 Å². The second-order valence-electron chi connectivity index (χ2n) is 2.76. The Hall–Kier alpha value is -0.900. The summed E-state index contributed by atoms with van der Waals surface area (Å²) in [5.74, 6) is 0.902. The van der Waals surface area contributed by atoms with E-state index in [1.807, 2.05) is 11.5 Å². The van der Waals surface area contributed by atoms with Crippen LogP contribution in [0, 0.1) is 0 Å². The highest BCUT2D eigenvalue weighted by molar-refractivity contribution is 4.89. The molecule has 0 radical (unpaired) electrons. The van der Waals surface area contributed by atoms with Gasteiger partial charge in [-0.15, -0.1) is 10.2 Å². The average Bonchev–Trinajstić information content (AvgIpc) is 2.52. The fourth-order valence-corrected chi connectivity index (χ4v) is 1.10. The van der Waals surface area contributed by atoms with E-state index in [1.54, 1.807) is 13.4 Å². The van der Waals surface area contributed by atoms with Crippen molar-refractivity contribution in [1.82, 2.24) is 14.8 Å². The molecule has 0 aromatic carbocycles. The van der Waals surface area contributed by atoms with Crippen LogP contribution in [0.5, 0.6) is 0 Å². The molecule has 0 spiro atoms. The summed E-state index contributed by atoms with van der Waals surface area (Å²) in [5, 5.41) is 7.84. The molecule has 0 bridgehead atoms. The average molecular weight is 169 g/mol. The molecule has 1 rings (SSSR count). The fraction of sp³-hybridized carbons (Fsp3) is 0.750. The Labute approximate surface area is 72.6 Å². The highest BCUT2D eigenvalue weighted by Crippen LogP contribution is 2.12. The molecule has 1 heterocycles. The van der Waals surface area contributed by atoms with Crippen molar-refractivity contribution in [3.8, 4) is 0 Å². The molecule has 0 aliphatic rings. The predicted molar refractivity (Wildman–Crippen MR) is 45.7 cm³/mol. The molecule has 1 aromatic rings. The van der Waals surface area contributed by atoms with Crippen LogP contribution in [0.2, 0.25) is 0 Å². The van der Waals surface area contributed by atoms with Crippen molar-refractivity contribution in [3.05, 3.63) is 12.2 Å². The summed E-state index contributed by atoms with van der Waals surface area (Å²) in [4.78, 5) is 0. The van der Waals surface area contributed by atoms with Crippen LogP contribution in [0.1, 0.15) is 32.2 Å². The molecule has 4 heteroatoms. The van der Waals surface area contributed by atoms with Crippen LogP contribution in [0.4, 0.5) is 0 Å². The molecule has 1 unspecified atom stereocenters. The van der Waals surface area contributed by atoms with E-state index in [1.165, 1.54) is 0 Å². The highest BCUT2D eigenvalue weighted by Gasteiger charge is 2.10. The van der Waals surface area contributed by atoms with Gasteiger partial charge in [-0.05, 0) is 13.3 Å². The molecular weight excluding hydrogens is 154 g/mol. The van der Waals surface area contributed by atoms with E-state index >= 15 is 0 Å². The van der Waals surface area contributed by atoms with E-state index in [0.29, 0.717) is 0 Å². The first kappa shape index (κ1) is 9.19. The second kappa shape index (κ2) is 4.21. The zero-order valence-corrected chi connectivity index (χ0v) is 7.82. The maximum Gasteiger partial charge on any atom is 0.161 e. The van der Waals surface area contributed by atoms with Crippen molar-refractivity contribution in [2.75, 3.05) is 7.11 Å². The van der Waals surface area contributed by atoms with Crippen molar-refractivity contribution in [3.63, 3.8) is 0 Å². The molecule has 12 heavy (non-hydrogen) atoms. The molecule has 68 valence electrons. The van der Waals surface area contributed by atoms with Crippen molar-refractivity contribution < 1.29 is 4.74 Å². The number of ether oxygens (including phenoxy) is 1. The summed E-state index contributed by atoms with van der Waals surface area (Å²) in [5.41, 5.74) is 0.